The fourth-order valence-electron chi connectivity index (χ4n) is 4.67. The average Bonchev–Trinajstić information content (AvgIpc) is 3.31. The van der Waals surface area contributed by atoms with Gasteiger partial charge in [-0.15, -0.1) is 0 Å². The number of alkyl halides is 3. The first-order chi connectivity index (χ1) is 20.9. The van der Waals surface area contributed by atoms with Crippen LogP contribution >= 0.6 is 0 Å². The third kappa shape index (κ3) is 6.70. The second kappa shape index (κ2) is 12.2. The second-order valence-electron chi connectivity index (χ2n) is 10.2. The molecule has 0 fully saturated rings. The van der Waals surface area contributed by atoms with Crippen LogP contribution in [0.4, 0.5) is 36.8 Å². The number of hydrogen-bond acceptors (Lipinski definition) is 2. The molecule has 0 atom stereocenters. The molecule has 1 aromatic heterocycles. The van der Waals surface area contributed by atoms with Gasteiger partial charge in [0.15, 0.2) is 0 Å². The Bertz CT molecular complexity index is 1910. The standard InChI is InChI=1S/C33H24F6N4O/c1-19(2)40-32(44)41-24-9-4-7-21(15-24)13-12-20-6-3-8-22(14-20)31-25-10-5-11-27(33(37,38)39)30(25)42-43(31)18-26-28(35)16-23(34)17-29(26)36/h3-11,14-17,19H,18H2,1-2H3,(H2,40,41,44). The molecule has 0 saturated heterocycles. The van der Waals surface area contributed by atoms with Crippen LogP contribution in [-0.2, 0) is 12.7 Å². The Morgan fingerprint density at radius 1 is 0.886 bits per heavy atom. The van der Waals surface area contributed by atoms with Gasteiger partial charge < -0.3 is 10.6 Å². The number of nitrogens with one attached hydrogen (secondary N) is 2. The topological polar surface area (TPSA) is 59.0 Å². The number of amides is 2. The molecule has 1 heterocycles. The summed E-state index contributed by atoms with van der Waals surface area (Å²) < 4.78 is 85.4. The van der Waals surface area contributed by atoms with E-state index in [0.717, 1.165) is 10.7 Å². The van der Waals surface area contributed by atoms with Gasteiger partial charge in [-0.05, 0) is 50.2 Å². The summed E-state index contributed by atoms with van der Waals surface area (Å²) in [5.41, 5.74) is 0.195. The summed E-state index contributed by atoms with van der Waals surface area (Å²) in [6.07, 6.45) is -4.74. The fourth-order valence-corrected chi connectivity index (χ4v) is 4.67. The van der Waals surface area contributed by atoms with E-state index in [0.29, 0.717) is 34.5 Å². The van der Waals surface area contributed by atoms with Crippen LogP contribution < -0.4 is 10.6 Å². The van der Waals surface area contributed by atoms with E-state index in [4.69, 9.17) is 0 Å². The van der Waals surface area contributed by atoms with Crippen molar-refractivity contribution in [3.63, 3.8) is 0 Å². The van der Waals surface area contributed by atoms with E-state index in [-0.39, 0.29) is 23.2 Å². The lowest BCUT2D eigenvalue weighted by atomic mass is 10.0. The number of anilines is 1. The molecular weight excluding hydrogens is 582 g/mol. The van der Waals surface area contributed by atoms with E-state index < -0.39 is 46.8 Å². The molecular formula is C33H24F6N4O. The molecule has 0 aliphatic heterocycles. The van der Waals surface area contributed by atoms with Gasteiger partial charge in [0, 0.05) is 51.5 Å². The molecule has 0 aliphatic carbocycles. The Balaban J connectivity index is 1.56. The normalized spacial score (nSPS) is 11.4. The van der Waals surface area contributed by atoms with Gasteiger partial charge in [-0.25, -0.2) is 18.0 Å². The highest BCUT2D eigenvalue weighted by Crippen LogP contribution is 2.38. The highest BCUT2D eigenvalue weighted by molar-refractivity contribution is 5.95. The van der Waals surface area contributed by atoms with Gasteiger partial charge >= 0.3 is 12.2 Å². The fraction of sp³-hybridized carbons (Fsp3) is 0.152. The van der Waals surface area contributed by atoms with Crippen LogP contribution in [0.5, 0.6) is 0 Å². The van der Waals surface area contributed by atoms with Crippen LogP contribution in [0.1, 0.15) is 36.1 Å². The van der Waals surface area contributed by atoms with Crippen LogP contribution in [0.25, 0.3) is 22.2 Å². The minimum atomic E-state index is -4.74. The molecule has 5 rings (SSSR count). The largest absolute Gasteiger partial charge is 0.418 e. The Kier molecular flexibility index (Phi) is 8.36. The van der Waals surface area contributed by atoms with Gasteiger partial charge in [0.25, 0.3) is 0 Å². The maximum Gasteiger partial charge on any atom is 0.418 e. The zero-order valence-electron chi connectivity index (χ0n) is 23.4. The van der Waals surface area contributed by atoms with Crippen molar-refractivity contribution in [2.45, 2.75) is 32.6 Å². The Morgan fingerprint density at radius 2 is 1.52 bits per heavy atom. The number of benzene rings is 4. The molecule has 5 aromatic rings. The van der Waals surface area contributed by atoms with Crippen molar-refractivity contribution in [3.05, 3.63) is 119 Å². The number of fused-ring (bicyclic) bond motifs is 1. The SMILES string of the molecule is CC(C)NC(=O)Nc1cccc(C#Cc2cccc(-c3c4cccc(C(F)(F)F)c4nn3Cc3c(F)cc(F)cc3F)c2)c1. The molecule has 0 unspecified atom stereocenters. The van der Waals surface area contributed by atoms with Crippen molar-refractivity contribution < 1.29 is 31.1 Å². The third-order valence-corrected chi connectivity index (χ3v) is 6.52. The summed E-state index contributed by atoms with van der Waals surface area (Å²) in [4.78, 5) is 12.0. The van der Waals surface area contributed by atoms with E-state index in [1.807, 2.05) is 13.8 Å². The molecule has 4 aromatic carbocycles. The summed E-state index contributed by atoms with van der Waals surface area (Å²) >= 11 is 0. The van der Waals surface area contributed by atoms with Crippen LogP contribution in [-0.4, -0.2) is 21.9 Å². The van der Waals surface area contributed by atoms with E-state index >= 15 is 0 Å². The van der Waals surface area contributed by atoms with Gasteiger partial charge in [0.2, 0.25) is 0 Å². The molecule has 11 heteroatoms. The molecule has 0 saturated carbocycles. The first-order valence-electron chi connectivity index (χ1n) is 13.4. The van der Waals surface area contributed by atoms with Crippen LogP contribution in [0.15, 0.2) is 78.9 Å². The van der Waals surface area contributed by atoms with Gasteiger partial charge in [0.1, 0.15) is 23.0 Å². The summed E-state index contributed by atoms with van der Waals surface area (Å²) in [6, 6.07) is 17.6. The number of aromatic nitrogens is 2. The highest BCUT2D eigenvalue weighted by atomic mass is 19.4. The van der Waals surface area contributed by atoms with Gasteiger partial charge in [-0.3, -0.25) is 4.68 Å². The van der Waals surface area contributed by atoms with E-state index in [1.54, 1.807) is 48.5 Å². The van der Waals surface area contributed by atoms with Gasteiger partial charge in [-0.1, -0.05) is 42.2 Å². The molecule has 0 bridgehead atoms. The lowest BCUT2D eigenvalue weighted by molar-refractivity contribution is -0.136. The van der Waals surface area contributed by atoms with Crippen LogP contribution in [0.3, 0.4) is 0 Å². The van der Waals surface area contributed by atoms with E-state index in [9.17, 15) is 31.1 Å². The minimum Gasteiger partial charge on any atom is -0.336 e. The van der Waals surface area contributed by atoms with Crippen molar-refractivity contribution in [1.82, 2.24) is 15.1 Å². The Morgan fingerprint density at radius 3 is 2.18 bits per heavy atom. The third-order valence-electron chi connectivity index (χ3n) is 6.52. The monoisotopic (exact) mass is 606 g/mol. The molecule has 224 valence electrons. The number of halogens is 6. The molecule has 2 N–H and O–H groups in total. The zero-order valence-corrected chi connectivity index (χ0v) is 23.4. The predicted octanol–water partition coefficient (Wildman–Crippen LogP) is 8.12. The predicted molar refractivity (Wildman–Crippen MR) is 155 cm³/mol. The highest BCUT2D eigenvalue weighted by Gasteiger charge is 2.34. The maximum absolute atomic E-state index is 14.6. The Labute approximate surface area is 248 Å². The molecule has 0 spiro atoms. The lowest BCUT2D eigenvalue weighted by Gasteiger charge is -2.11. The molecule has 44 heavy (non-hydrogen) atoms. The molecule has 2 amide bonds. The van der Waals surface area contributed by atoms with Crippen molar-refractivity contribution in [2.24, 2.45) is 0 Å². The van der Waals surface area contributed by atoms with Gasteiger partial charge in [-0.2, -0.15) is 18.3 Å². The number of carbonyl (C=O) groups is 1. The zero-order chi connectivity index (χ0) is 31.6. The Hall–Kier alpha value is -5.24. The molecule has 5 nitrogen and oxygen atoms in total. The summed E-state index contributed by atoms with van der Waals surface area (Å²) in [5.74, 6) is 2.50. The molecule has 0 radical (unpaired) electrons. The second-order valence-corrected chi connectivity index (χ2v) is 10.2. The van der Waals surface area contributed by atoms with Crippen molar-refractivity contribution >= 4 is 22.6 Å². The van der Waals surface area contributed by atoms with E-state index in [1.165, 1.54) is 12.1 Å². The number of urea groups is 1. The summed E-state index contributed by atoms with van der Waals surface area (Å²) in [7, 11) is 0. The number of hydrogen-bond donors (Lipinski definition) is 2. The first-order valence-corrected chi connectivity index (χ1v) is 13.4. The maximum atomic E-state index is 14.6. The smallest absolute Gasteiger partial charge is 0.336 e. The first kappa shape index (κ1) is 30.2. The minimum absolute atomic E-state index is 0.0486. The number of nitrogens with zero attached hydrogens (tertiary/aromatic N) is 2. The summed E-state index contributed by atoms with van der Waals surface area (Å²) in [6.45, 7) is 3.07. The van der Waals surface area contributed by atoms with Gasteiger partial charge in [0.05, 0.1) is 17.8 Å². The lowest BCUT2D eigenvalue weighted by Crippen LogP contribution is -2.34. The van der Waals surface area contributed by atoms with Crippen molar-refractivity contribution in [3.8, 4) is 23.1 Å². The van der Waals surface area contributed by atoms with Crippen LogP contribution in [0.2, 0.25) is 0 Å². The number of rotatable bonds is 5. The number of carbonyl (C=O) groups excluding carboxylic acids is 1. The van der Waals surface area contributed by atoms with Crippen molar-refractivity contribution in [1.29, 1.82) is 0 Å². The van der Waals surface area contributed by atoms with E-state index in [2.05, 4.69) is 27.6 Å². The van der Waals surface area contributed by atoms with Crippen molar-refractivity contribution in [2.75, 3.05) is 5.32 Å². The quantitative estimate of drug-likeness (QED) is 0.157. The summed E-state index contributed by atoms with van der Waals surface area (Å²) in [5, 5.41) is 9.68. The molecule has 0 aliphatic rings. The van der Waals surface area contributed by atoms with Crippen LogP contribution in [0, 0.1) is 29.3 Å². The average molecular weight is 607 g/mol.